The second-order valence-electron chi connectivity index (χ2n) is 4.81. The van der Waals surface area contributed by atoms with Crippen LogP contribution in [0.1, 0.15) is 11.1 Å². The number of nitrogens with one attached hydrogen (secondary N) is 1. The molecule has 0 fully saturated rings. The summed E-state index contributed by atoms with van der Waals surface area (Å²) in [5.41, 5.74) is 2.96. The Morgan fingerprint density at radius 1 is 1.24 bits per heavy atom. The van der Waals surface area contributed by atoms with Gasteiger partial charge >= 0.3 is 0 Å². The summed E-state index contributed by atoms with van der Waals surface area (Å²) in [6.07, 6.45) is 2.66. The van der Waals surface area contributed by atoms with Crippen LogP contribution in [-0.4, -0.2) is 26.8 Å². The molecule has 0 amide bonds. The van der Waals surface area contributed by atoms with Crippen LogP contribution < -0.4 is 10.1 Å². The van der Waals surface area contributed by atoms with Crippen molar-refractivity contribution in [2.45, 2.75) is 18.5 Å². The van der Waals surface area contributed by atoms with Gasteiger partial charge in [0.2, 0.25) is 0 Å². The Bertz CT molecular complexity index is 725. The lowest BCUT2D eigenvalue weighted by Gasteiger charge is -2.09. The molecule has 0 atom stereocenters. The zero-order chi connectivity index (χ0) is 15.5. The smallest absolute Gasteiger partial charge is 0.192 e. The lowest BCUT2D eigenvalue weighted by atomic mass is 10.1. The highest BCUT2D eigenvalue weighted by Gasteiger charge is 2.07. The number of aromatic nitrogens is 1. The molecular formula is C15H18N2O3S. The fourth-order valence-corrected chi connectivity index (χ4v) is 2.52. The van der Waals surface area contributed by atoms with Gasteiger partial charge in [-0.25, -0.2) is 13.4 Å². The Morgan fingerprint density at radius 2 is 2.00 bits per heavy atom. The van der Waals surface area contributed by atoms with Crippen molar-refractivity contribution in [2.24, 2.45) is 0 Å². The molecule has 1 N–H and O–H groups in total. The third kappa shape index (κ3) is 3.95. The standard InChI is InChI=1S/C15H18N2O3S/c1-11-8-12(4-6-14(11)20-2)9-16-13-5-7-15(17-10-13)21(3,18)19/h4-8,10,16H,9H2,1-3H3. The molecule has 0 aliphatic heterocycles. The van der Waals surface area contributed by atoms with Crippen molar-refractivity contribution in [1.82, 2.24) is 4.98 Å². The topological polar surface area (TPSA) is 68.3 Å². The van der Waals surface area contributed by atoms with E-state index in [1.807, 2.05) is 25.1 Å². The summed E-state index contributed by atoms with van der Waals surface area (Å²) in [6.45, 7) is 2.62. The number of methoxy groups -OCH3 is 1. The van der Waals surface area contributed by atoms with E-state index >= 15 is 0 Å². The number of aryl methyl sites for hydroxylation is 1. The third-order valence-corrected chi connectivity index (χ3v) is 4.07. The highest BCUT2D eigenvalue weighted by Crippen LogP contribution is 2.19. The Kier molecular flexibility index (Phi) is 4.47. The number of nitrogens with zero attached hydrogens (tertiary/aromatic N) is 1. The van der Waals surface area contributed by atoms with E-state index < -0.39 is 9.84 Å². The van der Waals surface area contributed by atoms with E-state index in [9.17, 15) is 8.42 Å². The summed E-state index contributed by atoms with van der Waals surface area (Å²) < 4.78 is 27.9. The first-order chi connectivity index (χ1) is 9.90. The molecule has 0 radical (unpaired) electrons. The van der Waals surface area contributed by atoms with Gasteiger partial charge in [0.25, 0.3) is 0 Å². The Labute approximate surface area is 124 Å². The van der Waals surface area contributed by atoms with Gasteiger partial charge in [-0.1, -0.05) is 12.1 Å². The first kappa shape index (κ1) is 15.3. The maximum atomic E-state index is 11.3. The van der Waals surface area contributed by atoms with E-state index in [1.54, 1.807) is 13.2 Å². The molecule has 0 saturated heterocycles. The van der Waals surface area contributed by atoms with Gasteiger partial charge in [-0.15, -0.1) is 0 Å². The lowest BCUT2D eigenvalue weighted by molar-refractivity contribution is 0.411. The molecule has 5 nitrogen and oxygen atoms in total. The fraction of sp³-hybridized carbons (Fsp3) is 0.267. The summed E-state index contributed by atoms with van der Waals surface area (Å²) >= 11 is 0. The predicted molar refractivity (Wildman–Crippen MR) is 82.4 cm³/mol. The number of anilines is 1. The van der Waals surface area contributed by atoms with Crippen LogP contribution in [0.15, 0.2) is 41.6 Å². The molecule has 0 spiro atoms. The van der Waals surface area contributed by atoms with Crippen molar-refractivity contribution in [3.05, 3.63) is 47.7 Å². The molecule has 1 aromatic heterocycles. The molecule has 0 aliphatic rings. The van der Waals surface area contributed by atoms with E-state index in [0.717, 1.165) is 28.8 Å². The summed E-state index contributed by atoms with van der Waals surface area (Å²) in [6, 6.07) is 9.16. The fourth-order valence-electron chi connectivity index (χ4n) is 1.96. The molecule has 0 aliphatic carbocycles. The molecule has 21 heavy (non-hydrogen) atoms. The minimum Gasteiger partial charge on any atom is -0.496 e. The molecule has 1 heterocycles. The summed E-state index contributed by atoms with van der Waals surface area (Å²) in [5.74, 6) is 0.859. The van der Waals surface area contributed by atoms with Gasteiger partial charge in [0.15, 0.2) is 14.9 Å². The maximum Gasteiger partial charge on any atom is 0.192 e. The zero-order valence-electron chi connectivity index (χ0n) is 12.3. The first-order valence-electron chi connectivity index (χ1n) is 6.43. The molecule has 2 rings (SSSR count). The summed E-state index contributed by atoms with van der Waals surface area (Å²) in [5, 5.41) is 3.28. The van der Waals surface area contributed by atoms with Gasteiger partial charge in [0, 0.05) is 12.8 Å². The quantitative estimate of drug-likeness (QED) is 0.918. The number of hydrogen-bond acceptors (Lipinski definition) is 5. The van der Waals surface area contributed by atoms with Crippen molar-refractivity contribution < 1.29 is 13.2 Å². The largest absolute Gasteiger partial charge is 0.496 e. The summed E-state index contributed by atoms with van der Waals surface area (Å²) in [7, 11) is -1.60. The number of hydrogen-bond donors (Lipinski definition) is 1. The Balaban J connectivity index is 2.05. The van der Waals surface area contributed by atoms with Crippen molar-refractivity contribution in [1.29, 1.82) is 0 Å². The summed E-state index contributed by atoms with van der Waals surface area (Å²) in [4.78, 5) is 3.94. The molecule has 1 aromatic carbocycles. The van der Waals surface area contributed by atoms with Crippen LogP contribution in [-0.2, 0) is 16.4 Å². The van der Waals surface area contributed by atoms with Gasteiger partial charge in [0.05, 0.1) is 19.0 Å². The Hall–Kier alpha value is -2.08. The maximum absolute atomic E-state index is 11.3. The molecule has 0 bridgehead atoms. The van der Waals surface area contributed by atoms with Gasteiger partial charge in [-0.05, 0) is 36.2 Å². The molecular weight excluding hydrogens is 288 g/mol. The van der Waals surface area contributed by atoms with Gasteiger partial charge in [0.1, 0.15) is 5.75 Å². The average molecular weight is 306 g/mol. The zero-order valence-corrected chi connectivity index (χ0v) is 13.1. The second kappa shape index (κ2) is 6.13. The van der Waals surface area contributed by atoms with Gasteiger partial charge < -0.3 is 10.1 Å². The molecule has 6 heteroatoms. The van der Waals surface area contributed by atoms with Crippen LogP contribution in [0.3, 0.4) is 0 Å². The monoisotopic (exact) mass is 306 g/mol. The van der Waals surface area contributed by atoms with Crippen molar-refractivity contribution in [2.75, 3.05) is 18.7 Å². The lowest BCUT2D eigenvalue weighted by Crippen LogP contribution is -2.03. The molecule has 112 valence electrons. The molecule has 2 aromatic rings. The second-order valence-corrected chi connectivity index (χ2v) is 6.78. The SMILES string of the molecule is COc1ccc(CNc2ccc(S(C)(=O)=O)nc2)cc1C. The molecule has 0 saturated carbocycles. The predicted octanol–water partition coefficient (Wildman–Crippen LogP) is 2.41. The van der Waals surface area contributed by atoms with E-state index in [0.29, 0.717) is 6.54 Å². The minimum absolute atomic E-state index is 0.0772. The first-order valence-corrected chi connectivity index (χ1v) is 8.33. The van der Waals surface area contributed by atoms with Crippen LogP contribution in [0, 0.1) is 6.92 Å². The minimum atomic E-state index is -3.25. The number of sulfone groups is 1. The van der Waals surface area contributed by atoms with E-state index in [1.165, 1.54) is 12.3 Å². The van der Waals surface area contributed by atoms with E-state index in [2.05, 4.69) is 10.3 Å². The van der Waals surface area contributed by atoms with E-state index in [4.69, 9.17) is 4.74 Å². The van der Waals surface area contributed by atoms with Crippen LogP contribution in [0.5, 0.6) is 5.75 Å². The van der Waals surface area contributed by atoms with Crippen LogP contribution >= 0.6 is 0 Å². The Morgan fingerprint density at radius 3 is 2.52 bits per heavy atom. The molecule has 0 unspecified atom stereocenters. The number of ether oxygens (including phenoxy) is 1. The van der Waals surface area contributed by atoms with Crippen LogP contribution in [0.4, 0.5) is 5.69 Å². The van der Waals surface area contributed by atoms with Gasteiger partial charge in [-0.3, -0.25) is 0 Å². The normalized spacial score (nSPS) is 11.2. The highest BCUT2D eigenvalue weighted by atomic mass is 32.2. The van der Waals surface area contributed by atoms with Crippen LogP contribution in [0.25, 0.3) is 0 Å². The highest BCUT2D eigenvalue weighted by molar-refractivity contribution is 7.90. The number of rotatable bonds is 5. The number of benzene rings is 1. The van der Waals surface area contributed by atoms with Crippen molar-refractivity contribution >= 4 is 15.5 Å². The van der Waals surface area contributed by atoms with E-state index in [-0.39, 0.29) is 5.03 Å². The van der Waals surface area contributed by atoms with Crippen molar-refractivity contribution in [3.8, 4) is 5.75 Å². The van der Waals surface area contributed by atoms with Crippen LogP contribution in [0.2, 0.25) is 0 Å². The van der Waals surface area contributed by atoms with Gasteiger partial charge in [-0.2, -0.15) is 0 Å². The van der Waals surface area contributed by atoms with Crippen molar-refractivity contribution in [3.63, 3.8) is 0 Å². The third-order valence-electron chi connectivity index (χ3n) is 3.07. The average Bonchev–Trinajstić information content (AvgIpc) is 2.45. The number of pyridine rings is 1.